The summed E-state index contributed by atoms with van der Waals surface area (Å²) in [5.74, 6) is -5.75. The molecule has 1 aromatic heterocycles. The van der Waals surface area contributed by atoms with Crippen molar-refractivity contribution in [3.05, 3.63) is 41.6 Å². The fraction of sp³-hybridized carbons (Fsp3) is 0.766. The first-order valence-corrected chi connectivity index (χ1v) is 30.3. The minimum atomic E-state index is -1.09. The van der Waals surface area contributed by atoms with E-state index in [0.717, 1.165) is 17.4 Å². The summed E-state index contributed by atoms with van der Waals surface area (Å²) in [5.41, 5.74) is -0.113. The van der Waals surface area contributed by atoms with Crippen LogP contribution in [0.2, 0.25) is 0 Å². The Hall–Kier alpha value is -5.11. The van der Waals surface area contributed by atoms with Crippen LogP contribution in [0.3, 0.4) is 0 Å². The van der Waals surface area contributed by atoms with E-state index < -0.39 is 120 Å². The van der Waals surface area contributed by atoms with E-state index in [2.05, 4.69) is 32.7 Å². The third kappa shape index (κ3) is 16.1. The molecule has 0 radical (unpaired) electrons. The summed E-state index contributed by atoms with van der Waals surface area (Å²) in [6.45, 7) is 37.8. The molecule has 466 valence electrons. The minimum absolute atomic E-state index is 0.00724. The van der Waals surface area contributed by atoms with Gasteiger partial charge in [-0.2, -0.15) is 0 Å². The first kappa shape index (κ1) is 68.7. The quantitative estimate of drug-likeness (QED) is 0.140. The number of fused-ring (bicyclic) bond motifs is 1. The summed E-state index contributed by atoms with van der Waals surface area (Å²) >= 11 is 0. The second kappa shape index (κ2) is 28.4. The summed E-state index contributed by atoms with van der Waals surface area (Å²) in [7, 11) is 1.55. The number of hydrogen-bond donors (Lipinski definition) is 0. The number of Topliss-reactive ketones (excluding diaryl/α,β-unsaturated/α-hetero) is 4. The molecule has 1 amide bonds. The Morgan fingerprint density at radius 2 is 1.10 bits per heavy atom. The number of cyclic esters (lactones) is 2. The molecule has 20 atom stereocenters. The molecule has 6 rings (SSSR count). The van der Waals surface area contributed by atoms with Crippen molar-refractivity contribution >= 4 is 47.3 Å². The molecule has 1 aromatic rings. The molecule has 3 saturated heterocycles. The van der Waals surface area contributed by atoms with E-state index in [1.807, 2.05) is 55.4 Å². The summed E-state index contributed by atoms with van der Waals surface area (Å²) in [5, 5.41) is 0. The number of ketones is 4. The Morgan fingerprint density at radius 1 is 0.651 bits per heavy atom. The molecule has 5 aliphatic heterocycles. The number of imidazole rings is 1. The van der Waals surface area contributed by atoms with Crippen LogP contribution in [0.25, 0.3) is 0 Å². The standard InChI is InChI=1S/C33H50N2O8.C31H49NO8/c1-11-25-26(42-32(39)35-13-12-34-17-35)15-19(3)27(36)20(4)16-33(9,10)29(23(7)28(37)24(8)30(38)41-25)43-31-22(6)18(2)14-21(5)40-31;1-12-22-26-23(32(11)30(36)39-26)19(6)24(33)16(3)14-31(9,10)27(20(7)25(34)21(8)28(35)38-22)40-29-18(5)15(2)13-17(4)37-29/h12-13,15,17-18,20-26,29,31H,11,14,16H2,1-10H3;15-18,20-22,26-27,29H,12-14H2,1-11H3/b19-15+;23-19-/t18-,20+,21+,22+,23-,24+,25+,26-,29+,31?;15-,16+,17+,18+,20-,21+,22+,26+,27+,29?/m00/s1. The molecule has 0 aromatic carbocycles. The lowest BCUT2D eigenvalue weighted by Gasteiger charge is -2.45. The van der Waals surface area contributed by atoms with Crippen molar-refractivity contribution < 1.29 is 76.3 Å². The van der Waals surface area contributed by atoms with Crippen molar-refractivity contribution in [3.63, 3.8) is 0 Å². The lowest BCUT2D eigenvalue weighted by Crippen LogP contribution is -2.50. The smallest absolute Gasteiger partial charge is 0.419 e. The van der Waals surface area contributed by atoms with E-state index >= 15 is 0 Å². The maximum absolute atomic E-state index is 13.9. The van der Waals surface area contributed by atoms with Gasteiger partial charge >= 0.3 is 24.1 Å². The van der Waals surface area contributed by atoms with Crippen molar-refractivity contribution in [1.29, 1.82) is 0 Å². The van der Waals surface area contributed by atoms with E-state index in [4.69, 9.17) is 37.9 Å². The van der Waals surface area contributed by atoms with Crippen LogP contribution in [0.1, 0.15) is 177 Å². The van der Waals surface area contributed by atoms with E-state index in [1.54, 1.807) is 55.5 Å². The van der Waals surface area contributed by atoms with Gasteiger partial charge in [-0.05, 0) is 114 Å². The van der Waals surface area contributed by atoms with Gasteiger partial charge in [0.15, 0.2) is 47.9 Å². The number of allylic oxidation sites excluding steroid dienone is 2. The Labute approximate surface area is 493 Å². The van der Waals surface area contributed by atoms with Gasteiger partial charge in [0, 0.05) is 60.5 Å². The lowest BCUT2D eigenvalue weighted by molar-refractivity contribution is -0.267. The normalized spacial score (nSPS) is 39.6. The average molecular weight is 1170 g/mol. The van der Waals surface area contributed by atoms with Gasteiger partial charge in [0.05, 0.1) is 30.1 Å². The number of hydrogen-bond acceptors (Lipinski definition) is 17. The molecular formula is C64H99N3O16. The van der Waals surface area contributed by atoms with Crippen LogP contribution in [0.5, 0.6) is 0 Å². The van der Waals surface area contributed by atoms with Gasteiger partial charge in [0.25, 0.3) is 0 Å². The number of ether oxygens (including phenoxy) is 8. The van der Waals surface area contributed by atoms with E-state index in [0.29, 0.717) is 47.9 Å². The van der Waals surface area contributed by atoms with Gasteiger partial charge < -0.3 is 37.9 Å². The molecule has 6 heterocycles. The summed E-state index contributed by atoms with van der Waals surface area (Å²) in [6, 6.07) is 0. The number of aromatic nitrogens is 2. The maximum atomic E-state index is 13.9. The van der Waals surface area contributed by atoms with Gasteiger partial charge in [0.2, 0.25) is 0 Å². The van der Waals surface area contributed by atoms with Crippen LogP contribution < -0.4 is 0 Å². The van der Waals surface area contributed by atoms with Gasteiger partial charge in [-0.3, -0.25) is 33.7 Å². The molecule has 0 bridgehead atoms. The highest BCUT2D eigenvalue weighted by Gasteiger charge is 2.50. The summed E-state index contributed by atoms with van der Waals surface area (Å²) < 4.78 is 49.9. The Kier molecular flexibility index (Phi) is 23.5. The molecule has 0 saturated carbocycles. The van der Waals surface area contributed by atoms with E-state index in [-0.39, 0.29) is 53.6 Å². The number of esters is 2. The molecular weight excluding hydrogens is 1070 g/mol. The van der Waals surface area contributed by atoms with Crippen molar-refractivity contribution in [2.45, 2.75) is 238 Å². The zero-order valence-corrected chi connectivity index (χ0v) is 53.5. The van der Waals surface area contributed by atoms with Gasteiger partial charge in [-0.1, -0.05) is 96.9 Å². The second-order valence-corrected chi connectivity index (χ2v) is 26.4. The van der Waals surface area contributed by atoms with Crippen molar-refractivity contribution in [2.75, 3.05) is 7.05 Å². The fourth-order valence-corrected chi connectivity index (χ4v) is 13.2. The predicted octanol–water partition coefficient (Wildman–Crippen LogP) is 11.1. The number of nitrogens with zero attached hydrogens (tertiary/aromatic N) is 3. The Morgan fingerprint density at radius 3 is 1.53 bits per heavy atom. The van der Waals surface area contributed by atoms with Crippen LogP contribution in [-0.2, 0) is 66.7 Å². The van der Waals surface area contributed by atoms with Gasteiger partial charge in [-0.25, -0.2) is 19.1 Å². The SMILES string of the molecule is CC[C@H]1OC(=O)[C@H](C)C(=O)[C@H](C)[C@@H](OC2O[C@H](C)C[C@H](C)[C@H]2C)C(C)(C)C[C@@H](C)C(=O)/C(C)=C/[C@@H]1OC(=O)n1ccnc1.CC[C@H]1OC(=O)[C@H](C)C(=O)[C@H](C)[C@@H](OC2O[C@H](C)C[C@H](C)[C@H]2C)C(C)(C)C[C@@H](C)C(=O)/C(C)=C2/[C@@H]1OC(=O)N2C. The fourth-order valence-electron chi connectivity index (χ4n) is 13.2. The average Bonchev–Trinajstić information content (AvgIpc) is 3.68. The molecule has 83 heavy (non-hydrogen) atoms. The van der Waals surface area contributed by atoms with Crippen LogP contribution in [-0.4, -0.2) is 130 Å². The number of likely N-dealkylation sites (N-methyl/N-ethyl adjacent to an activating group) is 1. The first-order valence-electron chi connectivity index (χ1n) is 30.3. The summed E-state index contributed by atoms with van der Waals surface area (Å²) in [4.78, 5) is 112. The molecule has 2 unspecified atom stereocenters. The van der Waals surface area contributed by atoms with Crippen molar-refractivity contribution in [2.24, 2.45) is 70.0 Å². The Bertz CT molecular complexity index is 2550. The third-order valence-corrected chi connectivity index (χ3v) is 18.5. The number of carbonyl (C=O) groups is 8. The molecule has 0 N–H and O–H groups in total. The molecule has 0 spiro atoms. The topological polar surface area (TPSA) is 231 Å². The highest BCUT2D eigenvalue weighted by Crippen LogP contribution is 2.44. The van der Waals surface area contributed by atoms with Crippen LogP contribution >= 0.6 is 0 Å². The van der Waals surface area contributed by atoms with Gasteiger partial charge in [0.1, 0.15) is 30.4 Å². The van der Waals surface area contributed by atoms with Crippen LogP contribution in [0.15, 0.2) is 41.6 Å². The number of amides is 1. The van der Waals surface area contributed by atoms with Crippen LogP contribution in [0, 0.1) is 70.0 Å². The van der Waals surface area contributed by atoms with Gasteiger partial charge in [-0.15, -0.1) is 0 Å². The van der Waals surface area contributed by atoms with Crippen molar-refractivity contribution in [3.8, 4) is 0 Å². The molecule has 19 heteroatoms. The van der Waals surface area contributed by atoms with E-state index in [9.17, 15) is 38.4 Å². The third-order valence-electron chi connectivity index (χ3n) is 18.5. The zero-order valence-electron chi connectivity index (χ0n) is 53.5. The second-order valence-electron chi connectivity index (χ2n) is 26.4. The first-order chi connectivity index (χ1) is 38.6. The zero-order chi connectivity index (χ0) is 62.5. The predicted molar refractivity (Wildman–Crippen MR) is 309 cm³/mol. The highest BCUT2D eigenvalue weighted by atomic mass is 16.7. The largest absolute Gasteiger partial charge is 0.458 e. The van der Waals surface area contributed by atoms with E-state index in [1.165, 1.54) is 36.6 Å². The number of carbonyl (C=O) groups excluding carboxylic acids is 8. The molecule has 0 aliphatic carbocycles. The molecule has 5 aliphatic rings. The monoisotopic (exact) mass is 1170 g/mol. The van der Waals surface area contributed by atoms with Crippen LogP contribution in [0.4, 0.5) is 9.59 Å². The number of rotatable bonds is 7. The van der Waals surface area contributed by atoms with Crippen molar-refractivity contribution in [1.82, 2.24) is 14.5 Å². The maximum Gasteiger partial charge on any atom is 0.419 e. The minimum Gasteiger partial charge on any atom is -0.458 e. The highest BCUT2D eigenvalue weighted by molar-refractivity contribution is 6.01. The summed E-state index contributed by atoms with van der Waals surface area (Å²) in [6.07, 6.45) is 1.63. The molecule has 3 fully saturated rings. The Balaban J connectivity index is 0.000000305. The lowest BCUT2D eigenvalue weighted by atomic mass is 9.71. The molecule has 19 nitrogen and oxygen atoms in total.